The lowest BCUT2D eigenvalue weighted by Crippen LogP contribution is -1.93. The Balaban J connectivity index is 0.850. The van der Waals surface area contributed by atoms with Crippen LogP contribution in [0.25, 0.3) is 220 Å². The van der Waals surface area contributed by atoms with Crippen molar-refractivity contribution in [2.24, 2.45) is 0 Å². The quantitative estimate of drug-likeness (QED) is 0.106. The Kier molecular flexibility index (Phi) is 12.5. The molecule has 5 heterocycles. The second-order valence-corrected chi connectivity index (χ2v) is 26.8. The molecule has 21 aromatic rings. The molecule has 0 spiro atoms. The molecule has 0 radical (unpaired) electrons. The van der Waals surface area contributed by atoms with Crippen LogP contribution < -0.4 is 0 Å². The van der Waals surface area contributed by atoms with Crippen LogP contribution in [-0.4, -0.2) is 19.9 Å². The number of fused-ring (bicyclic) bond motifs is 8. The molecule has 468 valence electrons. The van der Waals surface area contributed by atoms with E-state index in [0.29, 0.717) is 5.82 Å². The van der Waals surface area contributed by atoms with E-state index in [9.17, 15) is 0 Å². The first-order valence-corrected chi connectivity index (χ1v) is 34.4. The van der Waals surface area contributed by atoms with Crippen LogP contribution >= 0.6 is 0 Å². The molecular formula is C95H56N4O2. The lowest BCUT2D eigenvalue weighted by molar-refractivity contribution is 0.670. The Labute approximate surface area is 579 Å². The summed E-state index contributed by atoms with van der Waals surface area (Å²) in [7, 11) is 0. The summed E-state index contributed by atoms with van der Waals surface area (Å²) >= 11 is 0. The van der Waals surface area contributed by atoms with E-state index >= 15 is 0 Å². The smallest absolute Gasteiger partial charge is 0.160 e. The Morgan fingerprint density at radius 3 is 1.44 bits per heavy atom. The number of aryl methyl sites for hydroxylation is 1. The molecule has 0 saturated carbocycles. The first kappa shape index (κ1) is 56.7. The second kappa shape index (κ2) is 22.3. The van der Waals surface area contributed by atoms with Crippen LogP contribution in [0.1, 0.15) is 5.56 Å². The minimum absolute atomic E-state index is 0.661. The van der Waals surface area contributed by atoms with E-state index in [1.54, 1.807) is 0 Å². The van der Waals surface area contributed by atoms with Crippen LogP contribution in [0.3, 0.4) is 0 Å². The summed E-state index contributed by atoms with van der Waals surface area (Å²) in [4.78, 5) is 20.7. The third-order valence-electron chi connectivity index (χ3n) is 21.0. The van der Waals surface area contributed by atoms with Gasteiger partial charge in [0.1, 0.15) is 22.3 Å². The molecule has 0 bridgehead atoms. The summed E-state index contributed by atoms with van der Waals surface area (Å²) in [5.41, 5.74) is 22.9. The number of aromatic nitrogens is 4. The van der Waals surface area contributed by atoms with E-state index in [1.165, 1.54) is 38.6 Å². The van der Waals surface area contributed by atoms with Gasteiger partial charge in [0.25, 0.3) is 0 Å². The van der Waals surface area contributed by atoms with Gasteiger partial charge in [-0.2, -0.15) is 0 Å². The van der Waals surface area contributed by atoms with Crippen LogP contribution in [-0.2, 0) is 0 Å². The third kappa shape index (κ3) is 8.98. The first-order valence-electron chi connectivity index (χ1n) is 34.4. The van der Waals surface area contributed by atoms with Gasteiger partial charge in [0.05, 0.1) is 11.2 Å². The predicted molar refractivity (Wildman–Crippen MR) is 420 cm³/mol. The largest absolute Gasteiger partial charge is 0.455 e. The molecule has 5 aromatic heterocycles. The van der Waals surface area contributed by atoms with Gasteiger partial charge in [-0.25, -0.2) is 15.0 Å². The highest BCUT2D eigenvalue weighted by Gasteiger charge is 2.28. The van der Waals surface area contributed by atoms with E-state index in [1.807, 2.05) is 30.9 Å². The monoisotopic (exact) mass is 1280 g/mol. The fourth-order valence-electron chi connectivity index (χ4n) is 16.3. The lowest BCUT2D eigenvalue weighted by Gasteiger charge is -2.14. The zero-order valence-corrected chi connectivity index (χ0v) is 54.7. The number of benzene rings is 15. The van der Waals surface area contributed by atoms with E-state index in [4.69, 9.17) is 23.8 Å². The van der Waals surface area contributed by atoms with Crippen molar-refractivity contribution < 1.29 is 8.83 Å². The van der Waals surface area contributed by atoms with Gasteiger partial charge in [0.15, 0.2) is 5.82 Å². The fraction of sp³-hybridized carbons (Fsp3) is 0.0105. The van der Waals surface area contributed by atoms with Crippen molar-refractivity contribution in [3.8, 4) is 101 Å². The summed E-state index contributed by atoms with van der Waals surface area (Å²) in [6.07, 6.45) is 7.67. The third-order valence-corrected chi connectivity index (χ3v) is 21.0. The standard InChI is InChI=1S/C95H56N4O2/c1-55-15-12-20-61(45-55)71-24-9-8-23-70(71)60-36-34-58(35-37-60)67-49-82-81-48-66(57-32-30-56(31-33-57)65-21-14-44-96-52-65)50-85-88(81)90-78(41-40-75(93(90)100-85)68-53-97-95(98-54-68)87-73-25-6-3-17-62(73)46-63-18-4-7-26-74(63)87)79-42-43-80(94-91(79)89(82)86(51-67)101-94)92-83-47-64(72-28-13-19-59-16-2-5-22-69(59)72)38-39-76(83)77-27-10-11-29-84(77)99-92/h2-54H,1H3. The second-order valence-electron chi connectivity index (χ2n) is 26.8. The van der Waals surface area contributed by atoms with Gasteiger partial charge in [0.2, 0.25) is 0 Å². The summed E-state index contributed by atoms with van der Waals surface area (Å²) in [6.45, 7) is 2.15. The van der Waals surface area contributed by atoms with Crippen LogP contribution in [0.4, 0.5) is 0 Å². The molecule has 0 unspecified atom stereocenters. The highest BCUT2D eigenvalue weighted by Crippen LogP contribution is 2.52. The highest BCUT2D eigenvalue weighted by molar-refractivity contribution is 6.38. The van der Waals surface area contributed by atoms with Crippen molar-refractivity contribution in [2.45, 2.75) is 6.92 Å². The highest BCUT2D eigenvalue weighted by atomic mass is 16.3. The molecule has 101 heavy (non-hydrogen) atoms. The Morgan fingerprint density at radius 2 is 0.772 bits per heavy atom. The molecular weight excluding hydrogens is 1230 g/mol. The SMILES string of the molecule is Cc1cccc(-c2ccccc2-c2ccc(-c3cc4oc5c(-c6nc7ccccc7c7ccc(-c8cccc9ccccc89)cc67)ccc6c7ccc(-c8cnc(-c9c%10ccccc%10cc%10ccccc9%10)nc8)c8oc9cc(-c%10ccc(-c%11cccnc%11)cc%10)cc(c(c3)c4c56)c9c87)cc2)c1. The molecule has 0 aliphatic carbocycles. The summed E-state index contributed by atoms with van der Waals surface area (Å²) in [5, 5.41) is 18.3. The van der Waals surface area contributed by atoms with Crippen LogP contribution in [0.2, 0.25) is 0 Å². The van der Waals surface area contributed by atoms with Crippen LogP contribution in [0.15, 0.2) is 331 Å². The zero-order chi connectivity index (χ0) is 66.4. The number of nitrogens with zero attached hydrogens (tertiary/aromatic N) is 4. The predicted octanol–water partition coefficient (Wildman–Crippen LogP) is 25.9. The normalized spacial score (nSPS) is 12.0. The van der Waals surface area contributed by atoms with Crippen LogP contribution in [0, 0.1) is 6.92 Å². The van der Waals surface area contributed by atoms with Gasteiger partial charge in [-0.05, 0) is 194 Å². The maximum absolute atomic E-state index is 7.76. The number of furan rings is 2. The minimum atomic E-state index is 0.661. The number of hydrogen-bond acceptors (Lipinski definition) is 6. The van der Waals surface area contributed by atoms with E-state index in [0.717, 1.165) is 181 Å². The molecule has 0 fully saturated rings. The number of hydrogen-bond donors (Lipinski definition) is 0. The maximum Gasteiger partial charge on any atom is 0.160 e. The zero-order valence-electron chi connectivity index (χ0n) is 54.7. The fourth-order valence-corrected chi connectivity index (χ4v) is 16.3. The maximum atomic E-state index is 7.76. The Morgan fingerprint density at radius 1 is 0.267 bits per heavy atom. The van der Waals surface area contributed by atoms with Crippen LogP contribution in [0.5, 0.6) is 0 Å². The molecule has 0 saturated heterocycles. The molecule has 0 aliphatic rings. The van der Waals surface area contributed by atoms with Crippen molar-refractivity contribution >= 4 is 119 Å². The molecule has 21 rings (SSSR count). The number of para-hydroxylation sites is 1. The van der Waals surface area contributed by atoms with Gasteiger partial charge in [-0.15, -0.1) is 0 Å². The lowest BCUT2D eigenvalue weighted by atomic mass is 9.88. The molecule has 6 heteroatoms. The van der Waals surface area contributed by atoms with Crippen molar-refractivity contribution in [3.05, 3.63) is 328 Å². The molecule has 0 N–H and O–H groups in total. The van der Waals surface area contributed by atoms with Crippen molar-refractivity contribution in [3.63, 3.8) is 0 Å². The first-order chi connectivity index (χ1) is 50.0. The summed E-state index contributed by atoms with van der Waals surface area (Å²) in [6, 6.07) is 108. The van der Waals surface area contributed by atoms with E-state index in [2.05, 4.69) is 303 Å². The van der Waals surface area contributed by atoms with Crippen molar-refractivity contribution in [1.82, 2.24) is 19.9 Å². The average Bonchev–Trinajstić information content (AvgIpc) is 1.56. The molecule has 6 nitrogen and oxygen atoms in total. The average molecular weight is 1290 g/mol. The van der Waals surface area contributed by atoms with Crippen molar-refractivity contribution in [1.29, 1.82) is 0 Å². The van der Waals surface area contributed by atoms with E-state index in [-0.39, 0.29) is 0 Å². The van der Waals surface area contributed by atoms with Gasteiger partial charge in [0, 0.05) is 79.4 Å². The molecule has 0 aliphatic heterocycles. The van der Waals surface area contributed by atoms with Crippen molar-refractivity contribution in [2.75, 3.05) is 0 Å². The van der Waals surface area contributed by atoms with Gasteiger partial charge in [-0.1, -0.05) is 242 Å². The summed E-state index contributed by atoms with van der Waals surface area (Å²) in [5.74, 6) is 0.661. The van der Waals surface area contributed by atoms with Gasteiger partial charge < -0.3 is 8.83 Å². The number of pyridine rings is 2. The Hall–Kier alpha value is -13.4. The van der Waals surface area contributed by atoms with Gasteiger partial charge in [-0.3, -0.25) is 4.98 Å². The summed E-state index contributed by atoms with van der Waals surface area (Å²) < 4.78 is 15.3. The van der Waals surface area contributed by atoms with Gasteiger partial charge >= 0.3 is 0 Å². The minimum Gasteiger partial charge on any atom is -0.455 e. The Bertz CT molecular complexity index is 6930. The number of rotatable bonds is 9. The molecule has 16 aromatic carbocycles. The molecule has 0 atom stereocenters. The topological polar surface area (TPSA) is 77.8 Å². The van der Waals surface area contributed by atoms with E-state index < -0.39 is 0 Å². The molecule has 0 amide bonds.